The molecule has 0 unspecified atom stereocenters. The van der Waals surface area contributed by atoms with Crippen molar-refractivity contribution in [2.45, 2.75) is 13.0 Å². The smallest absolute Gasteiger partial charge is 0.188 e. The lowest BCUT2D eigenvalue weighted by Crippen LogP contribution is -2.33. The van der Waals surface area contributed by atoms with E-state index in [2.05, 4.69) is 10.3 Å². The summed E-state index contributed by atoms with van der Waals surface area (Å²) >= 11 is 0. The molecule has 0 fully saturated rings. The molecular weight excluding hydrogens is 309 g/mol. The van der Waals surface area contributed by atoms with Crippen molar-refractivity contribution < 1.29 is 13.9 Å². The van der Waals surface area contributed by atoms with Gasteiger partial charge < -0.3 is 20.5 Å². The number of methoxy groups -OCH3 is 2. The first-order valence-electron chi connectivity index (χ1n) is 7.61. The summed E-state index contributed by atoms with van der Waals surface area (Å²) in [6.07, 6.45) is 0.771. The molecule has 6 heteroatoms. The second kappa shape index (κ2) is 8.76. The summed E-state index contributed by atoms with van der Waals surface area (Å²) in [5.41, 5.74) is 7.84. The molecule has 0 saturated carbocycles. The van der Waals surface area contributed by atoms with E-state index in [0.29, 0.717) is 30.5 Å². The Bertz CT molecular complexity index is 687. The van der Waals surface area contributed by atoms with Gasteiger partial charge in [0, 0.05) is 6.54 Å². The Morgan fingerprint density at radius 3 is 2.38 bits per heavy atom. The molecule has 0 aliphatic heterocycles. The molecule has 2 aromatic carbocycles. The fourth-order valence-electron chi connectivity index (χ4n) is 2.19. The number of aliphatic imine (C=N–C) groups is 1. The molecule has 0 saturated heterocycles. The number of hydrogen-bond acceptors (Lipinski definition) is 3. The van der Waals surface area contributed by atoms with Crippen LogP contribution in [0.3, 0.4) is 0 Å². The highest BCUT2D eigenvalue weighted by molar-refractivity contribution is 5.77. The number of guanidine groups is 1. The number of hydrogen-bond donors (Lipinski definition) is 2. The zero-order valence-corrected chi connectivity index (χ0v) is 13.9. The molecule has 5 nitrogen and oxygen atoms in total. The SMILES string of the molecule is COc1ccc(CCNC(N)=NCc2ccc(F)cc2)cc1OC. The lowest BCUT2D eigenvalue weighted by atomic mass is 10.1. The van der Waals surface area contributed by atoms with Crippen LogP contribution < -0.4 is 20.5 Å². The molecule has 0 aliphatic rings. The second-order valence-corrected chi connectivity index (χ2v) is 5.19. The van der Waals surface area contributed by atoms with Crippen LogP contribution in [0, 0.1) is 5.82 Å². The molecule has 0 radical (unpaired) electrons. The lowest BCUT2D eigenvalue weighted by Gasteiger charge is -2.10. The average molecular weight is 331 g/mol. The largest absolute Gasteiger partial charge is 0.493 e. The maximum absolute atomic E-state index is 12.8. The molecule has 0 atom stereocenters. The predicted molar refractivity (Wildman–Crippen MR) is 93.0 cm³/mol. The van der Waals surface area contributed by atoms with E-state index in [4.69, 9.17) is 15.2 Å². The van der Waals surface area contributed by atoms with E-state index < -0.39 is 0 Å². The third kappa shape index (κ3) is 5.15. The summed E-state index contributed by atoms with van der Waals surface area (Å²) in [5, 5.41) is 3.06. The Labute approximate surface area is 141 Å². The zero-order valence-electron chi connectivity index (χ0n) is 13.9. The molecule has 2 rings (SSSR count). The van der Waals surface area contributed by atoms with E-state index in [1.165, 1.54) is 12.1 Å². The molecule has 0 amide bonds. The summed E-state index contributed by atoms with van der Waals surface area (Å²) in [4.78, 5) is 4.23. The standard InChI is InChI=1S/C18H22FN3O2/c1-23-16-8-5-13(11-17(16)24-2)9-10-21-18(20)22-12-14-3-6-15(19)7-4-14/h3-8,11H,9-10,12H2,1-2H3,(H3,20,21,22). The van der Waals surface area contributed by atoms with E-state index in [1.807, 2.05) is 18.2 Å². The summed E-state index contributed by atoms with van der Waals surface area (Å²) in [5.74, 6) is 1.51. The maximum Gasteiger partial charge on any atom is 0.188 e. The summed E-state index contributed by atoms with van der Waals surface area (Å²) in [6, 6.07) is 12.0. The molecule has 0 spiro atoms. The molecule has 0 bridgehead atoms. The first-order chi connectivity index (χ1) is 11.6. The first kappa shape index (κ1) is 17.6. The van der Waals surface area contributed by atoms with E-state index in [0.717, 1.165) is 17.5 Å². The Morgan fingerprint density at radius 1 is 1.04 bits per heavy atom. The third-order valence-corrected chi connectivity index (χ3v) is 3.51. The molecule has 128 valence electrons. The number of nitrogens with one attached hydrogen (secondary N) is 1. The minimum absolute atomic E-state index is 0.260. The van der Waals surface area contributed by atoms with Gasteiger partial charge in [-0.05, 0) is 41.8 Å². The summed E-state index contributed by atoms with van der Waals surface area (Å²) < 4.78 is 23.3. The highest BCUT2D eigenvalue weighted by Crippen LogP contribution is 2.27. The van der Waals surface area contributed by atoms with Crippen LogP contribution >= 0.6 is 0 Å². The Balaban J connectivity index is 1.82. The van der Waals surface area contributed by atoms with Crippen LogP contribution in [0.2, 0.25) is 0 Å². The van der Waals surface area contributed by atoms with Gasteiger partial charge in [0.1, 0.15) is 5.82 Å². The summed E-state index contributed by atoms with van der Waals surface area (Å²) in [7, 11) is 3.22. The second-order valence-electron chi connectivity index (χ2n) is 5.19. The van der Waals surface area contributed by atoms with Crippen molar-refractivity contribution >= 4 is 5.96 Å². The van der Waals surface area contributed by atoms with Crippen LogP contribution in [0.5, 0.6) is 11.5 Å². The molecule has 0 aliphatic carbocycles. The van der Waals surface area contributed by atoms with Crippen LogP contribution in [-0.2, 0) is 13.0 Å². The highest BCUT2D eigenvalue weighted by Gasteiger charge is 2.04. The van der Waals surface area contributed by atoms with E-state index in [1.54, 1.807) is 26.4 Å². The topological polar surface area (TPSA) is 68.9 Å². The van der Waals surface area contributed by atoms with Crippen LogP contribution in [-0.4, -0.2) is 26.7 Å². The van der Waals surface area contributed by atoms with Crippen LogP contribution in [0.15, 0.2) is 47.5 Å². The normalized spacial score (nSPS) is 11.2. The third-order valence-electron chi connectivity index (χ3n) is 3.51. The molecule has 0 heterocycles. The number of nitrogens with two attached hydrogens (primary N) is 1. The molecule has 2 aromatic rings. The number of rotatable bonds is 7. The van der Waals surface area contributed by atoms with Crippen molar-refractivity contribution in [3.8, 4) is 11.5 Å². The van der Waals surface area contributed by atoms with Crippen molar-refractivity contribution in [2.24, 2.45) is 10.7 Å². The zero-order chi connectivity index (χ0) is 17.4. The van der Waals surface area contributed by atoms with Crippen LogP contribution in [0.25, 0.3) is 0 Å². The number of halogens is 1. The van der Waals surface area contributed by atoms with Gasteiger partial charge in [-0.2, -0.15) is 0 Å². The molecular formula is C18H22FN3O2. The van der Waals surface area contributed by atoms with Crippen molar-refractivity contribution in [3.05, 3.63) is 59.4 Å². The van der Waals surface area contributed by atoms with Gasteiger partial charge in [-0.3, -0.25) is 0 Å². The Hall–Kier alpha value is -2.76. The Kier molecular flexibility index (Phi) is 6.42. The van der Waals surface area contributed by atoms with Gasteiger partial charge in [-0.1, -0.05) is 18.2 Å². The predicted octanol–water partition coefficient (Wildman–Crippen LogP) is 2.49. The monoisotopic (exact) mass is 331 g/mol. The Morgan fingerprint density at radius 2 is 1.71 bits per heavy atom. The van der Waals surface area contributed by atoms with E-state index in [-0.39, 0.29) is 5.82 Å². The van der Waals surface area contributed by atoms with Gasteiger partial charge in [-0.25, -0.2) is 9.38 Å². The van der Waals surface area contributed by atoms with Gasteiger partial charge in [0.15, 0.2) is 17.5 Å². The summed E-state index contributed by atoms with van der Waals surface area (Å²) in [6.45, 7) is 1.06. The number of benzene rings is 2. The van der Waals surface area contributed by atoms with Crippen molar-refractivity contribution in [1.29, 1.82) is 0 Å². The van der Waals surface area contributed by atoms with Crippen LogP contribution in [0.1, 0.15) is 11.1 Å². The van der Waals surface area contributed by atoms with Gasteiger partial charge in [0.2, 0.25) is 0 Å². The lowest BCUT2D eigenvalue weighted by molar-refractivity contribution is 0.354. The fraction of sp³-hybridized carbons (Fsp3) is 0.278. The molecule has 3 N–H and O–H groups in total. The average Bonchev–Trinajstić information content (AvgIpc) is 2.61. The van der Waals surface area contributed by atoms with Crippen molar-refractivity contribution in [3.63, 3.8) is 0 Å². The quantitative estimate of drug-likeness (QED) is 0.604. The molecule has 0 aromatic heterocycles. The van der Waals surface area contributed by atoms with Gasteiger partial charge in [-0.15, -0.1) is 0 Å². The fourth-order valence-corrected chi connectivity index (χ4v) is 2.19. The molecule has 24 heavy (non-hydrogen) atoms. The minimum atomic E-state index is -0.260. The van der Waals surface area contributed by atoms with Crippen molar-refractivity contribution in [1.82, 2.24) is 5.32 Å². The minimum Gasteiger partial charge on any atom is -0.493 e. The van der Waals surface area contributed by atoms with E-state index in [9.17, 15) is 4.39 Å². The maximum atomic E-state index is 12.8. The van der Waals surface area contributed by atoms with Crippen molar-refractivity contribution in [2.75, 3.05) is 20.8 Å². The van der Waals surface area contributed by atoms with Gasteiger partial charge in [0.25, 0.3) is 0 Å². The highest BCUT2D eigenvalue weighted by atomic mass is 19.1. The first-order valence-corrected chi connectivity index (χ1v) is 7.61. The van der Waals surface area contributed by atoms with Crippen LogP contribution in [0.4, 0.5) is 4.39 Å². The number of nitrogens with zero attached hydrogens (tertiary/aromatic N) is 1. The van der Waals surface area contributed by atoms with E-state index >= 15 is 0 Å². The van der Waals surface area contributed by atoms with Gasteiger partial charge >= 0.3 is 0 Å². The number of ether oxygens (including phenoxy) is 2. The van der Waals surface area contributed by atoms with Gasteiger partial charge in [0.05, 0.1) is 20.8 Å².